The molecule has 1 fully saturated rings. The van der Waals surface area contributed by atoms with E-state index in [0.29, 0.717) is 12.8 Å². The summed E-state index contributed by atoms with van der Waals surface area (Å²) in [5.41, 5.74) is 0. The second-order valence-electron chi connectivity index (χ2n) is 14.3. The first-order valence-electron chi connectivity index (χ1n) is 20.2. The van der Waals surface area contributed by atoms with Gasteiger partial charge in [-0.2, -0.15) is 0 Å². The average molecular weight is 730 g/mol. The quantitative estimate of drug-likeness (QED) is 0.0342. The fourth-order valence-electron chi connectivity index (χ4n) is 6.26. The van der Waals surface area contributed by atoms with Gasteiger partial charge in [-0.25, -0.2) is 0 Å². The topological polar surface area (TPSA) is 189 Å². The number of rotatable bonds is 32. The Kier molecular flexibility index (Phi) is 28.9. The van der Waals surface area contributed by atoms with Crippen LogP contribution in [-0.4, -0.2) is 110 Å². The van der Waals surface area contributed by atoms with Gasteiger partial charge >= 0.3 is 0 Å². The molecule has 0 aromatic rings. The number of nitrogens with one attached hydrogen (secondary N) is 1. The van der Waals surface area contributed by atoms with Crippen LogP contribution in [0.15, 0.2) is 24.3 Å². The van der Waals surface area contributed by atoms with Gasteiger partial charge in [0.1, 0.15) is 36.6 Å². The molecule has 51 heavy (non-hydrogen) atoms. The minimum Gasteiger partial charge on any atom is -0.394 e. The third-order valence-corrected chi connectivity index (χ3v) is 9.73. The van der Waals surface area contributed by atoms with E-state index in [1.165, 1.54) is 77.0 Å². The number of hydrogen-bond donors (Lipinski definition) is 8. The monoisotopic (exact) mass is 730 g/mol. The van der Waals surface area contributed by atoms with Gasteiger partial charge in [0.15, 0.2) is 6.29 Å². The Labute approximate surface area is 308 Å². The van der Waals surface area contributed by atoms with Crippen molar-refractivity contribution >= 4 is 5.91 Å². The van der Waals surface area contributed by atoms with Crippen LogP contribution in [0.5, 0.6) is 0 Å². The highest BCUT2D eigenvalue weighted by atomic mass is 16.7. The number of allylic oxidation sites excluding steroid dienone is 4. The zero-order valence-corrected chi connectivity index (χ0v) is 31.8. The van der Waals surface area contributed by atoms with Crippen molar-refractivity contribution < 1.29 is 50.0 Å². The SMILES string of the molecule is CCCCCCCC/C=C\CCCCC(O)C(=O)NC(COC1OC(CO)C(O)C(O)C1O)C(O)C(O)CCC/C=C/CCCCCCCCC. The lowest BCUT2D eigenvalue weighted by Gasteiger charge is -2.40. The van der Waals surface area contributed by atoms with E-state index < -0.39 is 74.2 Å². The van der Waals surface area contributed by atoms with E-state index in [9.17, 15) is 40.5 Å². The summed E-state index contributed by atoms with van der Waals surface area (Å²) >= 11 is 0. The van der Waals surface area contributed by atoms with E-state index in [1.807, 2.05) is 0 Å². The molecule has 11 nitrogen and oxygen atoms in total. The van der Waals surface area contributed by atoms with Crippen LogP contribution in [0.4, 0.5) is 0 Å². The number of amides is 1. The van der Waals surface area contributed by atoms with Gasteiger partial charge in [0, 0.05) is 0 Å². The first kappa shape index (κ1) is 47.6. The summed E-state index contributed by atoms with van der Waals surface area (Å²) in [5, 5.41) is 75.2. The lowest BCUT2D eigenvalue weighted by atomic mass is 9.98. The Morgan fingerprint density at radius 1 is 0.667 bits per heavy atom. The summed E-state index contributed by atoms with van der Waals surface area (Å²) in [5.74, 6) is -0.726. The predicted molar refractivity (Wildman–Crippen MR) is 201 cm³/mol. The van der Waals surface area contributed by atoms with Crippen molar-refractivity contribution in [3.63, 3.8) is 0 Å². The summed E-state index contributed by atoms with van der Waals surface area (Å²) in [7, 11) is 0. The molecule has 1 heterocycles. The van der Waals surface area contributed by atoms with Crippen LogP contribution in [-0.2, 0) is 14.3 Å². The van der Waals surface area contributed by atoms with Gasteiger partial charge in [0.2, 0.25) is 5.91 Å². The second-order valence-corrected chi connectivity index (χ2v) is 14.3. The minimum absolute atomic E-state index is 0.223. The molecular weight excluding hydrogens is 654 g/mol. The third kappa shape index (κ3) is 21.8. The molecule has 0 aromatic heterocycles. The van der Waals surface area contributed by atoms with Crippen molar-refractivity contribution in [2.45, 2.75) is 210 Å². The molecule has 0 saturated carbocycles. The number of hydrogen-bond acceptors (Lipinski definition) is 10. The maximum absolute atomic E-state index is 13.0. The Balaban J connectivity index is 2.59. The summed E-state index contributed by atoms with van der Waals surface area (Å²) in [6.07, 6.45) is 19.6. The second kappa shape index (κ2) is 31.0. The third-order valence-electron chi connectivity index (χ3n) is 9.73. The van der Waals surface area contributed by atoms with Crippen molar-refractivity contribution in [2.75, 3.05) is 13.2 Å². The Morgan fingerprint density at radius 2 is 1.16 bits per heavy atom. The van der Waals surface area contributed by atoms with Gasteiger partial charge in [-0.3, -0.25) is 4.79 Å². The van der Waals surface area contributed by atoms with Gasteiger partial charge in [-0.05, 0) is 64.2 Å². The van der Waals surface area contributed by atoms with Crippen molar-refractivity contribution in [3.05, 3.63) is 24.3 Å². The standard InChI is InChI=1S/C40H75NO10/c1-3-5-7-9-11-13-15-17-19-21-23-25-27-32(43)35(45)31(30-50-40-38(48)37(47)36(46)34(29-42)51-40)41-39(49)33(44)28-26-24-22-20-18-16-14-12-10-8-6-4-2/h18-21,31-38,40,42-48H,3-17,22-30H2,1-2H3,(H,41,49)/b20-18-,21-19+. The van der Waals surface area contributed by atoms with Gasteiger partial charge in [0.25, 0.3) is 0 Å². The number of aliphatic hydroxyl groups excluding tert-OH is 7. The molecule has 0 aliphatic carbocycles. The number of carbonyl (C=O) groups is 1. The fraction of sp³-hybridized carbons (Fsp3) is 0.875. The summed E-state index contributed by atoms with van der Waals surface area (Å²) in [4.78, 5) is 13.0. The smallest absolute Gasteiger partial charge is 0.249 e. The predicted octanol–water partition coefficient (Wildman–Crippen LogP) is 5.10. The van der Waals surface area contributed by atoms with Crippen LogP contribution in [0.25, 0.3) is 0 Å². The highest BCUT2D eigenvalue weighted by molar-refractivity contribution is 5.80. The lowest BCUT2D eigenvalue weighted by molar-refractivity contribution is -0.303. The molecule has 8 N–H and O–H groups in total. The molecule has 300 valence electrons. The molecule has 1 aliphatic heterocycles. The van der Waals surface area contributed by atoms with Crippen LogP contribution in [0.3, 0.4) is 0 Å². The van der Waals surface area contributed by atoms with E-state index in [4.69, 9.17) is 9.47 Å². The van der Waals surface area contributed by atoms with E-state index >= 15 is 0 Å². The Bertz CT molecular complexity index is 887. The van der Waals surface area contributed by atoms with Crippen LogP contribution < -0.4 is 5.32 Å². The number of unbranched alkanes of at least 4 members (excludes halogenated alkanes) is 16. The van der Waals surface area contributed by atoms with E-state index in [-0.39, 0.29) is 12.8 Å². The van der Waals surface area contributed by atoms with E-state index in [2.05, 4.69) is 43.5 Å². The van der Waals surface area contributed by atoms with Crippen molar-refractivity contribution in [2.24, 2.45) is 0 Å². The first-order valence-corrected chi connectivity index (χ1v) is 20.2. The van der Waals surface area contributed by atoms with Crippen LogP contribution in [0, 0.1) is 0 Å². The van der Waals surface area contributed by atoms with Crippen molar-refractivity contribution in [1.82, 2.24) is 5.32 Å². The Hall–Kier alpha value is -1.41. The van der Waals surface area contributed by atoms with Crippen molar-refractivity contribution in [1.29, 1.82) is 0 Å². The van der Waals surface area contributed by atoms with Crippen LogP contribution in [0.2, 0.25) is 0 Å². The molecule has 0 radical (unpaired) electrons. The van der Waals surface area contributed by atoms with Crippen molar-refractivity contribution in [3.8, 4) is 0 Å². The number of ether oxygens (including phenoxy) is 2. The first-order chi connectivity index (χ1) is 24.7. The van der Waals surface area contributed by atoms with E-state index in [0.717, 1.165) is 38.5 Å². The highest BCUT2D eigenvalue weighted by Gasteiger charge is 2.44. The molecule has 9 atom stereocenters. The van der Waals surface area contributed by atoms with Crippen LogP contribution in [0.1, 0.15) is 155 Å². The van der Waals surface area contributed by atoms with Crippen LogP contribution >= 0.6 is 0 Å². The summed E-state index contributed by atoms with van der Waals surface area (Å²) in [6.45, 7) is 3.35. The number of carbonyl (C=O) groups excluding carboxylic acids is 1. The molecule has 11 heteroatoms. The van der Waals surface area contributed by atoms with E-state index in [1.54, 1.807) is 0 Å². The van der Waals surface area contributed by atoms with Gasteiger partial charge in [-0.15, -0.1) is 0 Å². The Morgan fingerprint density at radius 3 is 1.69 bits per heavy atom. The fourth-order valence-corrected chi connectivity index (χ4v) is 6.26. The zero-order valence-electron chi connectivity index (χ0n) is 31.8. The molecule has 1 saturated heterocycles. The molecule has 1 rings (SSSR count). The average Bonchev–Trinajstić information content (AvgIpc) is 3.13. The molecule has 0 aromatic carbocycles. The zero-order chi connectivity index (χ0) is 37.7. The highest BCUT2D eigenvalue weighted by Crippen LogP contribution is 2.23. The van der Waals surface area contributed by atoms with Gasteiger partial charge in [-0.1, -0.05) is 115 Å². The van der Waals surface area contributed by atoms with Gasteiger partial charge < -0.3 is 50.5 Å². The molecule has 9 unspecified atom stereocenters. The maximum atomic E-state index is 13.0. The maximum Gasteiger partial charge on any atom is 0.249 e. The largest absolute Gasteiger partial charge is 0.394 e. The summed E-state index contributed by atoms with van der Waals surface area (Å²) in [6, 6.07) is -1.19. The molecular formula is C40H75NO10. The molecule has 0 spiro atoms. The summed E-state index contributed by atoms with van der Waals surface area (Å²) < 4.78 is 11.0. The molecule has 1 aliphatic rings. The molecule has 1 amide bonds. The molecule has 0 bridgehead atoms. The normalized spacial score (nSPS) is 23.5. The number of aliphatic hydroxyl groups is 7. The minimum atomic E-state index is -1.67. The lowest BCUT2D eigenvalue weighted by Crippen LogP contribution is -2.60. The van der Waals surface area contributed by atoms with Gasteiger partial charge in [0.05, 0.1) is 25.4 Å².